The molecule has 1 aromatic heterocycles. The molecule has 17 heavy (non-hydrogen) atoms. The van der Waals surface area contributed by atoms with Crippen LogP contribution in [0.2, 0.25) is 5.02 Å². The van der Waals surface area contributed by atoms with Crippen LogP contribution in [0.25, 0.3) is 11.1 Å². The number of hydrogen-bond acceptors (Lipinski definition) is 5. The summed E-state index contributed by atoms with van der Waals surface area (Å²) in [5, 5.41) is 11.2. The molecule has 0 saturated carbocycles. The Morgan fingerprint density at radius 2 is 2.12 bits per heavy atom. The van der Waals surface area contributed by atoms with Gasteiger partial charge < -0.3 is 19.2 Å². The predicted molar refractivity (Wildman–Crippen MR) is 57.7 cm³/mol. The molecular formula is C10H8ClLiN2O3. The maximum atomic E-state index is 10.9. The summed E-state index contributed by atoms with van der Waals surface area (Å²) in [7, 11) is 3.48. The number of fused-ring (bicyclic) bond motifs is 1. The third-order valence-corrected chi connectivity index (χ3v) is 2.27. The van der Waals surface area contributed by atoms with Gasteiger partial charge in [-0.3, -0.25) is 0 Å². The Bertz CT molecular complexity index is 568. The quantitative estimate of drug-likeness (QED) is 0.569. The third kappa shape index (κ3) is 2.58. The van der Waals surface area contributed by atoms with Crippen LogP contribution < -0.4 is 28.9 Å². The van der Waals surface area contributed by atoms with Crippen LogP contribution in [0.15, 0.2) is 16.5 Å². The molecule has 0 unspecified atom stereocenters. The Labute approximate surface area is 115 Å². The Balaban J connectivity index is 0.00000144. The zero-order valence-corrected chi connectivity index (χ0v) is 10.4. The van der Waals surface area contributed by atoms with Gasteiger partial charge in [-0.1, -0.05) is 11.6 Å². The average molecular weight is 247 g/mol. The Hall–Kier alpha value is -1.15. The summed E-state index contributed by atoms with van der Waals surface area (Å²) in [5.41, 5.74) is 0.503. The van der Waals surface area contributed by atoms with E-state index in [0.29, 0.717) is 11.6 Å². The standard InChI is InChI=1S/C10H9ClN2O3.Li/c1-13(2)10-12-8-6(9(14)15)3-5(11)4-7(8)16-10;/h3-4H,1-2H3,(H,14,15);/q;+1/p-1. The molecule has 0 bridgehead atoms. The topological polar surface area (TPSA) is 69.4 Å². The second kappa shape index (κ2) is 5.01. The van der Waals surface area contributed by atoms with Crippen LogP contribution in [-0.4, -0.2) is 25.0 Å². The van der Waals surface area contributed by atoms with Gasteiger partial charge >= 0.3 is 18.9 Å². The maximum absolute atomic E-state index is 10.9. The van der Waals surface area contributed by atoms with E-state index in [2.05, 4.69) is 4.98 Å². The van der Waals surface area contributed by atoms with E-state index in [9.17, 15) is 9.90 Å². The minimum Gasteiger partial charge on any atom is -0.545 e. The van der Waals surface area contributed by atoms with E-state index in [4.69, 9.17) is 16.0 Å². The van der Waals surface area contributed by atoms with E-state index < -0.39 is 5.97 Å². The number of carbonyl (C=O) groups excluding carboxylic acids is 1. The number of hydrogen-bond donors (Lipinski definition) is 0. The van der Waals surface area contributed by atoms with E-state index in [0.717, 1.165) is 0 Å². The van der Waals surface area contributed by atoms with Crippen molar-refractivity contribution in [1.82, 2.24) is 4.98 Å². The normalized spacial score (nSPS) is 10.1. The van der Waals surface area contributed by atoms with E-state index in [1.54, 1.807) is 19.0 Å². The predicted octanol–water partition coefficient (Wildman–Crippen LogP) is -2.09. The summed E-state index contributed by atoms with van der Waals surface area (Å²) in [5.74, 6) is -1.33. The number of rotatable bonds is 2. The monoisotopic (exact) mass is 246 g/mol. The molecule has 7 heteroatoms. The fourth-order valence-corrected chi connectivity index (χ4v) is 1.54. The Morgan fingerprint density at radius 1 is 1.47 bits per heavy atom. The second-order valence-corrected chi connectivity index (χ2v) is 3.91. The zero-order chi connectivity index (χ0) is 11.9. The van der Waals surface area contributed by atoms with Crippen molar-refractivity contribution in [2.24, 2.45) is 0 Å². The molecule has 0 N–H and O–H groups in total. The summed E-state index contributed by atoms with van der Waals surface area (Å²) >= 11 is 5.76. The summed E-state index contributed by atoms with van der Waals surface area (Å²) in [6, 6.07) is 3.13. The second-order valence-electron chi connectivity index (χ2n) is 3.48. The number of carboxylic acids is 1. The number of carboxylic acid groups (broad SMARTS) is 1. The molecule has 0 fully saturated rings. The van der Waals surface area contributed by atoms with Crippen molar-refractivity contribution >= 4 is 34.7 Å². The van der Waals surface area contributed by atoms with Crippen LogP contribution in [0.5, 0.6) is 0 Å². The first-order valence-corrected chi connectivity index (χ1v) is 4.85. The number of anilines is 1. The van der Waals surface area contributed by atoms with Crippen LogP contribution in [-0.2, 0) is 0 Å². The van der Waals surface area contributed by atoms with Crippen LogP contribution in [0.1, 0.15) is 10.4 Å². The fraction of sp³-hybridized carbons (Fsp3) is 0.200. The van der Waals surface area contributed by atoms with Crippen LogP contribution in [0.3, 0.4) is 0 Å². The Kier molecular flexibility index (Phi) is 4.10. The van der Waals surface area contributed by atoms with Crippen LogP contribution in [0.4, 0.5) is 6.01 Å². The van der Waals surface area contributed by atoms with Crippen molar-refractivity contribution in [3.63, 3.8) is 0 Å². The van der Waals surface area contributed by atoms with Gasteiger partial charge in [0.05, 0.1) is 5.97 Å². The summed E-state index contributed by atoms with van der Waals surface area (Å²) in [6.45, 7) is 0. The first kappa shape index (κ1) is 13.9. The molecular weight excluding hydrogens is 239 g/mol. The van der Waals surface area contributed by atoms with Crippen molar-refractivity contribution in [1.29, 1.82) is 0 Å². The van der Waals surface area contributed by atoms with Crippen molar-refractivity contribution in [3.05, 3.63) is 22.7 Å². The molecule has 2 rings (SSSR count). The molecule has 0 radical (unpaired) electrons. The van der Waals surface area contributed by atoms with E-state index in [1.165, 1.54) is 12.1 Å². The number of oxazole rings is 1. The number of aromatic nitrogens is 1. The van der Waals surface area contributed by atoms with Gasteiger partial charge in [-0.05, 0) is 6.07 Å². The number of carbonyl (C=O) groups is 1. The molecule has 0 atom stereocenters. The molecule has 1 heterocycles. The van der Waals surface area contributed by atoms with Crippen LogP contribution in [0, 0.1) is 0 Å². The van der Waals surface area contributed by atoms with Gasteiger partial charge in [-0.15, -0.1) is 0 Å². The van der Waals surface area contributed by atoms with Crippen molar-refractivity contribution < 1.29 is 33.2 Å². The van der Waals surface area contributed by atoms with E-state index in [1.807, 2.05) is 0 Å². The van der Waals surface area contributed by atoms with Gasteiger partial charge in [0.2, 0.25) is 0 Å². The zero-order valence-electron chi connectivity index (χ0n) is 9.65. The summed E-state index contributed by atoms with van der Waals surface area (Å²) < 4.78 is 5.34. The molecule has 0 amide bonds. The minimum absolute atomic E-state index is 0. The van der Waals surface area contributed by atoms with Gasteiger partial charge in [0.1, 0.15) is 5.52 Å². The smallest absolute Gasteiger partial charge is 0.545 e. The van der Waals surface area contributed by atoms with Gasteiger partial charge in [0, 0.05) is 30.7 Å². The van der Waals surface area contributed by atoms with Gasteiger partial charge in [0.25, 0.3) is 6.01 Å². The molecule has 1 aromatic carbocycles. The van der Waals surface area contributed by atoms with Crippen molar-refractivity contribution in [3.8, 4) is 0 Å². The molecule has 2 aromatic rings. The molecule has 0 spiro atoms. The van der Waals surface area contributed by atoms with Crippen LogP contribution >= 0.6 is 11.6 Å². The summed E-state index contributed by atoms with van der Waals surface area (Å²) in [4.78, 5) is 16.6. The number of halogens is 1. The van der Waals surface area contributed by atoms with Crippen molar-refractivity contribution in [2.45, 2.75) is 0 Å². The maximum Gasteiger partial charge on any atom is 1.00 e. The average Bonchev–Trinajstić information content (AvgIpc) is 2.59. The van der Waals surface area contributed by atoms with Gasteiger partial charge in [0.15, 0.2) is 5.58 Å². The molecule has 0 aliphatic carbocycles. The first-order chi connectivity index (χ1) is 7.49. The number of benzene rings is 1. The number of aromatic carboxylic acids is 1. The van der Waals surface area contributed by atoms with Crippen molar-refractivity contribution in [2.75, 3.05) is 19.0 Å². The van der Waals surface area contributed by atoms with E-state index in [-0.39, 0.29) is 35.0 Å². The minimum atomic E-state index is -1.33. The third-order valence-electron chi connectivity index (χ3n) is 2.05. The molecule has 5 nitrogen and oxygen atoms in total. The van der Waals surface area contributed by atoms with Gasteiger partial charge in [-0.25, -0.2) is 0 Å². The molecule has 0 saturated heterocycles. The molecule has 84 valence electrons. The van der Waals surface area contributed by atoms with E-state index >= 15 is 0 Å². The Morgan fingerprint density at radius 3 is 2.65 bits per heavy atom. The largest absolute Gasteiger partial charge is 1.00 e. The fourth-order valence-electron chi connectivity index (χ4n) is 1.33. The summed E-state index contributed by atoms with van der Waals surface area (Å²) in [6.07, 6.45) is 0. The van der Waals surface area contributed by atoms with Gasteiger partial charge in [-0.2, -0.15) is 4.98 Å². The SMILES string of the molecule is CN(C)c1nc2c(C(=O)[O-])cc(Cl)cc2o1.[Li+]. The molecule has 0 aliphatic heterocycles. The molecule has 0 aliphatic rings. The number of nitrogens with zero attached hydrogens (tertiary/aromatic N) is 2. The first-order valence-electron chi connectivity index (χ1n) is 4.48.